The summed E-state index contributed by atoms with van der Waals surface area (Å²) in [7, 11) is -3.50. The van der Waals surface area contributed by atoms with Crippen LogP contribution in [0, 0.1) is 24.7 Å². The minimum Gasteiger partial charge on any atom is -0.481 e. The third-order valence-corrected chi connectivity index (χ3v) is 7.52. The van der Waals surface area contributed by atoms with Gasteiger partial charge in [0.25, 0.3) is 0 Å². The molecule has 27 heavy (non-hydrogen) atoms. The Kier molecular flexibility index (Phi) is 6.37. The van der Waals surface area contributed by atoms with Crippen molar-refractivity contribution in [3.05, 3.63) is 42.0 Å². The third-order valence-electron chi connectivity index (χ3n) is 6.05. The van der Waals surface area contributed by atoms with E-state index >= 15 is 0 Å². The van der Waals surface area contributed by atoms with E-state index in [-0.39, 0.29) is 12.5 Å². The highest BCUT2D eigenvalue weighted by Gasteiger charge is 2.48. The van der Waals surface area contributed by atoms with Crippen LogP contribution in [0.15, 0.2) is 41.3 Å². The van der Waals surface area contributed by atoms with Crippen molar-refractivity contribution < 1.29 is 18.3 Å². The van der Waals surface area contributed by atoms with E-state index in [1.807, 2.05) is 25.1 Å². The molecular formula is C21H29NO4S. The number of unbranched alkanes of at least 4 members (excludes halogenated alkanes) is 1. The van der Waals surface area contributed by atoms with Gasteiger partial charge in [-0.25, -0.2) is 13.1 Å². The predicted molar refractivity (Wildman–Crippen MR) is 105 cm³/mol. The zero-order valence-electron chi connectivity index (χ0n) is 15.8. The molecule has 0 radical (unpaired) electrons. The number of hydrogen-bond acceptors (Lipinski definition) is 3. The van der Waals surface area contributed by atoms with Crippen LogP contribution in [0.25, 0.3) is 0 Å². The second-order valence-electron chi connectivity index (χ2n) is 7.95. The van der Waals surface area contributed by atoms with Crippen molar-refractivity contribution in [1.82, 2.24) is 4.72 Å². The number of allylic oxidation sites excluding steroid dienone is 2. The summed E-state index contributed by atoms with van der Waals surface area (Å²) in [6.45, 7) is 1.94. The Hall–Kier alpha value is -1.66. The molecule has 2 bridgehead atoms. The van der Waals surface area contributed by atoms with E-state index in [4.69, 9.17) is 5.11 Å². The van der Waals surface area contributed by atoms with Crippen LogP contribution >= 0.6 is 0 Å². The SMILES string of the molecule is Cc1ccc(S(=O)(=O)N[C@H]2[C@H]3CC[C@H](C3)[C@@H]2C/C=C\CCCC(=O)O)cc1. The van der Waals surface area contributed by atoms with Gasteiger partial charge in [0, 0.05) is 12.5 Å². The lowest BCUT2D eigenvalue weighted by molar-refractivity contribution is -0.137. The van der Waals surface area contributed by atoms with E-state index < -0.39 is 16.0 Å². The zero-order chi connectivity index (χ0) is 19.4. The van der Waals surface area contributed by atoms with Gasteiger partial charge < -0.3 is 5.11 Å². The lowest BCUT2D eigenvalue weighted by atomic mass is 9.83. The predicted octanol–water partition coefficient (Wildman–Crippen LogP) is 3.89. The molecule has 0 aromatic heterocycles. The molecule has 2 fully saturated rings. The second kappa shape index (κ2) is 8.57. The molecule has 0 saturated heterocycles. The van der Waals surface area contributed by atoms with Crippen LogP contribution in [-0.2, 0) is 14.8 Å². The summed E-state index contributed by atoms with van der Waals surface area (Å²) in [4.78, 5) is 10.9. The first-order chi connectivity index (χ1) is 12.9. The second-order valence-corrected chi connectivity index (χ2v) is 9.66. The van der Waals surface area contributed by atoms with Gasteiger partial charge in [0.2, 0.25) is 10.0 Å². The van der Waals surface area contributed by atoms with E-state index in [1.165, 1.54) is 6.42 Å². The van der Waals surface area contributed by atoms with Crippen LogP contribution in [0.3, 0.4) is 0 Å². The molecule has 3 rings (SSSR count). The summed E-state index contributed by atoms with van der Waals surface area (Å²) in [6.07, 6.45) is 10.0. The summed E-state index contributed by atoms with van der Waals surface area (Å²) < 4.78 is 28.6. The molecule has 4 atom stereocenters. The lowest BCUT2D eigenvalue weighted by Crippen LogP contribution is -2.43. The number of aryl methyl sites for hydroxylation is 1. The van der Waals surface area contributed by atoms with Crippen LogP contribution in [0.2, 0.25) is 0 Å². The molecule has 2 aliphatic rings. The van der Waals surface area contributed by atoms with Crippen molar-refractivity contribution in [1.29, 1.82) is 0 Å². The van der Waals surface area contributed by atoms with Gasteiger partial charge in [-0.05, 0) is 75.3 Å². The molecule has 0 unspecified atom stereocenters. The van der Waals surface area contributed by atoms with E-state index in [2.05, 4.69) is 10.8 Å². The highest BCUT2D eigenvalue weighted by Crippen LogP contribution is 2.50. The van der Waals surface area contributed by atoms with Crippen LogP contribution in [0.5, 0.6) is 0 Å². The molecule has 0 heterocycles. The van der Waals surface area contributed by atoms with Gasteiger partial charge in [-0.2, -0.15) is 0 Å². The van der Waals surface area contributed by atoms with E-state index in [0.29, 0.717) is 29.1 Å². The van der Waals surface area contributed by atoms with Crippen molar-refractivity contribution in [2.24, 2.45) is 17.8 Å². The van der Waals surface area contributed by atoms with Crippen LogP contribution in [0.4, 0.5) is 0 Å². The molecule has 6 heteroatoms. The van der Waals surface area contributed by atoms with Crippen LogP contribution in [-0.4, -0.2) is 25.5 Å². The summed E-state index contributed by atoms with van der Waals surface area (Å²) in [5, 5.41) is 8.68. The van der Waals surface area contributed by atoms with Gasteiger partial charge in [0.05, 0.1) is 4.90 Å². The standard InChI is InChI=1S/C21H29NO4S/c1-15-8-12-18(13-9-15)27(25,26)22-21-17-11-10-16(14-17)19(21)6-4-2-3-5-7-20(23)24/h2,4,8-9,12-13,16-17,19,21-22H,3,5-7,10-11,14H2,1H3,(H,23,24)/b4-2-/t16-,17+,19+,21+/m1/s1. The van der Waals surface area contributed by atoms with Crippen molar-refractivity contribution >= 4 is 16.0 Å². The maximum Gasteiger partial charge on any atom is 0.303 e. The van der Waals surface area contributed by atoms with Gasteiger partial charge >= 0.3 is 5.97 Å². The van der Waals surface area contributed by atoms with E-state index in [0.717, 1.165) is 31.2 Å². The number of benzene rings is 1. The Bertz CT molecular complexity index is 785. The Morgan fingerprint density at radius 2 is 1.89 bits per heavy atom. The van der Waals surface area contributed by atoms with Gasteiger partial charge in [0.15, 0.2) is 0 Å². The Labute approximate surface area is 161 Å². The fourth-order valence-corrected chi connectivity index (χ4v) is 6.00. The average molecular weight is 392 g/mol. The van der Waals surface area contributed by atoms with Gasteiger partial charge in [-0.3, -0.25) is 4.79 Å². The first-order valence-corrected chi connectivity index (χ1v) is 11.3. The summed E-state index contributed by atoms with van der Waals surface area (Å²) in [5.74, 6) is 0.590. The maximum absolute atomic E-state index is 12.8. The molecule has 0 spiro atoms. The van der Waals surface area contributed by atoms with Crippen LogP contribution < -0.4 is 4.72 Å². The van der Waals surface area contributed by atoms with Crippen LogP contribution in [0.1, 0.15) is 50.5 Å². The van der Waals surface area contributed by atoms with Gasteiger partial charge in [-0.15, -0.1) is 0 Å². The zero-order valence-corrected chi connectivity index (χ0v) is 16.6. The third kappa shape index (κ3) is 4.99. The first-order valence-electron chi connectivity index (χ1n) is 9.82. The average Bonchev–Trinajstić information content (AvgIpc) is 3.20. The Morgan fingerprint density at radius 3 is 2.59 bits per heavy atom. The molecule has 1 aromatic carbocycles. The minimum atomic E-state index is -3.50. The summed E-state index contributed by atoms with van der Waals surface area (Å²) in [6, 6.07) is 6.99. The minimum absolute atomic E-state index is 0.00118. The van der Waals surface area contributed by atoms with E-state index in [1.54, 1.807) is 12.1 Å². The summed E-state index contributed by atoms with van der Waals surface area (Å²) >= 11 is 0. The van der Waals surface area contributed by atoms with Gasteiger partial charge in [-0.1, -0.05) is 29.8 Å². The number of carboxylic acids is 1. The lowest BCUT2D eigenvalue weighted by Gasteiger charge is -2.31. The fourth-order valence-electron chi connectivity index (χ4n) is 4.64. The number of hydrogen-bond donors (Lipinski definition) is 2. The number of carboxylic acid groups (broad SMARTS) is 1. The highest BCUT2D eigenvalue weighted by molar-refractivity contribution is 7.89. The molecule has 148 valence electrons. The number of sulfonamides is 1. The van der Waals surface area contributed by atoms with E-state index in [9.17, 15) is 13.2 Å². The molecular weight excluding hydrogens is 362 g/mol. The molecule has 0 amide bonds. The molecule has 2 aliphatic carbocycles. The maximum atomic E-state index is 12.8. The van der Waals surface area contributed by atoms with Gasteiger partial charge in [0.1, 0.15) is 0 Å². The number of fused-ring (bicyclic) bond motifs is 2. The van der Waals surface area contributed by atoms with Crippen molar-refractivity contribution in [3.8, 4) is 0 Å². The molecule has 2 saturated carbocycles. The van der Waals surface area contributed by atoms with Crippen molar-refractivity contribution in [2.45, 2.75) is 62.8 Å². The molecule has 1 aromatic rings. The highest BCUT2D eigenvalue weighted by atomic mass is 32.2. The quantitative estimate of drug-likeness (QED) is 0.494. The Morgan fingerprint density at radius 1 is 1.19 bits per heavy atom. The fraction of sp³-hybridized carbons (Fsp3) is 0.571. The monoisotopic (exact) mass is 391 g/mol. The molecule has 0 aliphatic heterocycles. The normalized spacial score (nSPS) is 27.4. The summed E-state index contributed by atoms with van der Waals surface area (Å²) in [5.41, 5.74) is 1.04. The smallest absolute Gasteiger partial charge is 0.303 e. The number of nitrogens with one attached hydrogen (secondary N) is 1. The number of rotatable bonds is 9. The molecule has 2 N–H and O–H groups in total. The largest absolute Gasteiger partial charge is 0.481 e. The van der Waals surface area contributed by atoms with Crippen molar-refractivity contribution in [2.75, 3.05) is 0 Å². The number of carbonyl (C=O) groups is 1. The Balaban J connectivity index is 1.62. The first kappa shape index (κ1) is 20.1. The molecule has 5 nitrogen and oxygen atoms in total. The topological polar surface area (TPSA) is 83.5 Å². The van der Waals surface area contributed by atoms with Crippen molar-refractivity contribution in [3.63, 3.8) is 0 Å². The number of aliphatic carboxylic acids is 1.